The lowest BCUT2D eigenvalue weighted by Gasteiger charge is -2.23. The molecule has 0 atom stereocenters. The highest BCUT2D eigenvalue weighted by atomic mass is 16.5. The Kier molecular flexibility index (Phi) is 4.79. The molecule has 0 amide bonds. The van der Waals surface area contributed by atoms with Gasteiger partial charge < -0.3 is 15.4 Å². The lowest BCUT2D eigenvalue weighted by molar-refractivity contribution is 0.205. The second kappa shape index (κ2) is 6.12. The molecular formula is C12H19N3O. The largest absolute Gasteiger partial charge is 0.396 e. The van der Waals surface area contributed by atoms with Crippen LogP contribution in [-0.4, -0.2) is 31.8 Å². The van der Waals surface area contributed by atoms with Crippen molar-refractivity contribution >= 4 is 11.5 Å². The van der Waals surface area contributed by atoms with Crippen molar-refractivity contribution < 1.29 is 4.74 Å². The normalized spacial score (nSPS) is 10.1. The maximum atomic E-state index is 5.95. The van der Waals surface area contributed by atoms with Crippen molar-refractivity contribution in [2.45, 2.75) is 6.92 Å². The fourth-order valence-corrected chi connectivity index (χ4v) is 1.49. The van der Waals surface area contributed by atoms with Gasteiger partial charge in [0.25, 0.3) is 0 Å². The van der Waals surface area contributed by atoms with Crippen molar-refractivity contribution in [3.05, 3.63) is 30.5 Å². The molecule has 0 saturated heterocycles. The van der Waals surface area contributed by atoms with Gasteiger partial charge in [0.15, 0.2) is 5.82 Å². The summed E-state index contributed by atoms with van der Waals surface area (Å²) in [6.07, 6.45) is 3.64. The number of hydrogen-bond acceptors (Lipinski definition) is 4. The molecule has 1 aromatic heterocycles. The maximum Gasteiger partial charge on any atom is 0.152 e. The van der Waals surface area contributed by atoms with Gasteiger partial charge in [-0.2, -0.15) is 0 Å². The first kappa shape index (κ1) is 12.5. The van der Waals surface area contributed by atoms with Crippen LogP contribution in [-0.2, 0) is 4.74 Å². The molecule has 16 heavy (non-hydrogen) atoms. The summed E-state index contributed by atoms with van der Waals surface area (Å²) in [5.41, 5.74) is 7.70. The fourth-order valence-electron chi connectivity index (χ4n) is 1.49. The molecule has 1 rings (SSSR count). The van der Waals surface area contributed by atoms with E-state index in [2.05, 4.69) is 11.6 Å². The van der Waals surface area contributed by atoms with E-state index in [1.54, 1.807) is 7.11 Å². The average Bonchev–Trinajstić information content (AvgIpc) is 2.25. The highest BCUT2D eigenvalue weighted by molar-refractivity contribution is 5.63. The van der Waals surface area contributed by atoms with Crippen LogP contribution in [0.4, 0.5) is 11.5 Å². The second-order valence-electron chi connectivity index (χ2n) is 3.65. The molecule has 0 aliphatic carbocycles. The quantitative estimate of drug-likeness (QED) is 0.741. The molecule has 1 heterocycles. The van der Waals surface area contributed by atoms with E-state index in [1.807, 2.05) is 30.2 Å². The molecule has 0 aliphatic heterocycles. The number of hydrogen-bond donors (Lipinski definition) is 1. The zero-order chi connectivity index (χ0) is 12.0. The standard InChI is InChI=1S/C12H19N3O/c1-4-5-15(6-7-16-3)12-11(13)8-10(2)9-14-12/h4,8-9H,1,5-7,13H2,2-3H3. The van der Waals surface area contributed by atoms with Crippen LogP contribution in [0.5, 0.6) is 0 Å². The average molecular weight is 221 g/mol. The predicted molar refractivity (Wildman–Crippen MR) is 67.7 cm³/mol. The Hall–Kier alpha value is -1.55. The summed E-state index contributed by atoms with van der Waals surface area (Å²) in [4.78, 5) is 6.39. The lowest BCUT2D eigenvalue weighted by atomic mass is 10.2. The Bertz CT molecular complexity index is 352. The SMILES string of the molecule is C=CCN(CCOC)c1ncc(C)cc1N. The molecule has 88 valence electrons. The van der Waals surface area contributed by atoms with E-state index in [1.165, 1.54) is 0 Å². The van der Waals surface area contributed by atoms with Crippen LogP contribution in [0.2, 0.25) is 0 Å². The van der Waals surface area contributed by atoms with Gasteiger partial charge in [-0.3, -0.25) is 0 Å². The Morgan fingerprint density at radius 2 is 2.38 bits per heavy atom. The number of ether oxygens (including phenoxy) is 1. The number of aromatic nitrogens is 1. The molecule has 0 saturated carbocycles. The smallest absolute Gasteiger partial charge is 0.152 e. The summed E-state index contributed by atoms with van der Waals surface area (Å²) in [5.74, 6) is 0.794. The third-order valence-corrected chi connectivity index (χ3v) is 2.25. The predicted octanol–water partition coefficient (Wildman–Crippen LogP) is 1.61. The van der Waals surface area contributed by atoms with E-state index < -0.39 is 0 Å². The number of aryl methyl sites for hydroxylation is 1. The third kappa shape index (κ3) is 3.24. The summed E-state index contributed by atoms with van der Waals surface area (Å²) >= 11 is 0. The van der Waals surface area contributed by atoms with Gasteiger partial charge in [-0.25, -0.2) is 4.98 Å². The molecule has 0 unspecified atom stereocenters. The molecule has 0 bridgehead atoms. The molecule has 0 fully saturated rings. The first-order chi connectivity index (χ1) is 7.69. The van der Waals surface area contributed by atoms with E-state index >= 15 is 0 Å². The Morgan fingerprint density at radius 3 is 2.94 bits per heavy atom. The second-order valence-corrected chi connectivity index (χ2v) is 3.65. The summed E-state index contributed by atoms with van der Waals surface area (Å²) in [6.45, 7) is 7.81. The maximum absolute atomic E-state index is 5.95. The van der Waals surface area contributed by atoms with Crippen LogP contribution < -0.4 is 10.6 Å². The van der Waals surface area contributed by atoms with E-state index in [0.29, 0.717) is 18.8 Å². The number of nitrogen functional groups attached to an aromatic ring is 1. The van der Waals surface area contributed by atoms with Crippen LogP contribution in [0.15, 0.2) is 24.9 Å². The van der Waals surface area contributed by atoms with Gasteiger partial charge in [-0.05, 0) is 18.6 Å². The van der Waals surface area contributed by atoms with Gasteiger partial charge in [0, 0.05) is 26.4 Å². The molecule has 0 aromatic carbocycles. The summed E-state index contributed by atoms with van der Waals surface area (Å²) in [7, 11) is 1.68. The molecule has 2 N–H and O–H groups in total. The molecule has 4 nitrogen and oxygen atoms in total. The third-order valence-electron chi connectivity index (χ3n) is 2.25. The van der Waals surface area contributed by atoms with Gasteiger partial charge in [0.2, 0.25) is 0 Å². The zero-order valence-corrected chi connectivity index (χ0v) is 9.94. The fraction of sp³-hybridized carbons (Fsp3) is 0.417. The molecular weight excluding hydrogens is 202 g/mol. The summed E-state index contributed by atoms with van der Waals surface area (Å²) < 4.78 is 5.06. The van der Waals surface area contributed by atoms with E-state index in [0.717, 1.165) is 17.9 Å². The van der Waals surface area contributed by atoms with Crippen molar-refractivity contribution in [3.63, 3.8) is 0 Å². The minimum absolute atomic E-state index is 0.642. The van der Waals surface area contributed by atoms with Gasteiger partial charge in [0.05, 0.1) is 12.3 Å². The minimum Gasteiger partial charge on any atom is -0.396 e. The van der Waals surface area contributed by atoms with Crippen LogP contribution in [0, 0.1) is 6.92 Å². The van der Waals surface area contributed by atoms with Crippen LogP contribution in [0.1, 0.15) is 5.56 Å². The molecule has 0 radical (unpaired) electrons. The molecule has 4 heteroatoms. The van der Waals surface area contributed by atoms with Gasteiger partial charge >= 0.3 is 0 Å². The molecule has 0 spiro atoms. The van der Waals surface area contributed by atoms with Gasteiger partial charge in [-0.1, -0.05) is 6.08 Å². The molecule has 1 aromatic rings. The van der Waals surface area contributed by atoms with Gasteiger partial charge in [0.1, 0.15) is 0 Å². The highest BCUT2D eigenvalue weighted by Gasteiger charge is 2.09. The van der Waals surface area contributed by atoms with Crippen molar-refractivity contribution in [2.24, 2.45) is 0 Å². The van der Waals surface area contributed by atoms with Gasteiger partial charge in [-0.15, -0.1) is 6.58 Å². The lowest BCUT2D eigenvalue weighted by Crippen LogP contribution is -2.29. The first-order valence-corrected chi connectivity index (χ1v) is 5.26. The van der Waals surface area contributed by atoms with Crippen LogP contribution in [0.25, 0.3) is 0 Å². The first-order valence-electron chi connectivity index (χ1n) is 5.26. The minimum atomic E-state index is 0.642. The van der Waals surface area contributed by atoms with Crippen molar-refractivity contribution in [3.8, 4) is 0 Å². The van der Waals surface area contributed by atoms with Crippen molar-refractivity contribution in [1.82, 2.24) is 4.98 Å². The Labute approximate surface area is 96.7 Å². The van der Waals surface area contributed by atoms with Crippen LogP contribution in [0.3, 0.4) is 0 Å². The number of nitrogens with zero attached hydrogens (tertiary/aromatic N) is 2. The monoisotopic (exact) mass is 221 g/mol. The number of anilines is 2. The number of rotatable bonds is 6. The number of pyridine rings is 1. The summed E-state index contributed by atoms with van der Waals surface area (Å²) in [6, 6.07) is 1.92. The Morgan fingerprint density at radius 1 is 1.62 bits per heavy atom. The van der Waals surface area contributed by atoms with Crippen molar-refractivity contribution in [2.75, 3.05) is 37.4 Å². The van der Waals surface area contributed by atoms with E-state index in [9.17, 15) is 0 Å². The van der Waals surface area contributed by atoms with E-state index in [-0.39, 0.29) is 0 Å². The number of nitrogens with two attached hydrogens (primary N) is 1. The van der Waals surface area contributed by atoms with Crippen LogP contribution >= 0.6 is 0 Å². The number of methoxy groups -OCH3 is 1. The zero-order valence-electron chi connectivity index (χ0n) is 9.94. The summed E-state index contributed by atoms with van der Waals surface area (Å²) in [5, 5.41) is 0. The topological polar surface area (TPSA) is 51.4 Å². The van der Waals surface area contributed by atoms with E-state index in [4.69, 9.17) is 10.5 Å². The Balaban J connectivity index is 2.86. The van der Waals surface area contributed by atoms with Crippen molar-refractivity contribution in [1.29, 1.82) is 0 Å². The molecule has 0 aliphatic rings. The highest BCUT2D eigenvalue weighted by Crippen LogP contribution is 2.20.